The molecule has 1 aromatic rings. The molecule has 7 atom stereocenters. The smallest absolute Gasteiger partial charge is 0.418 e. The van der Waals surface area contributed by atoms with Gasteiger partial charge in [0.25, 0.3) is 16.0 Å². The lowest BCUT2D eigenvalue weighted by molar-refractivity contribution is -0.157. The zero-order valence-electron chi connectivity index (χ0n) is 29.8. The van der Waals surface area contributed by atoms with Gasteiger partial charge in [0.05, 0.1) is 18.1 Å². The first-order valence-electron chi connectivity index (χ1n) is 17.0. The fraction of sp³-hybridized carbons (Fsp3) is 0.629. The summed E-state index contributed by atoms with van der Waals surface area (Å²) in [5, 5.41) is 2.71. The minimum absolute atomic E-state index is 0.0610. The highest BCUT2D eigenvalue weighted by Gasteiger charge is 2.69. The number of nitrogens with one attached hydrogen (secondary N) is 1. The largest absolute Gasteiger partial charge is 0.467 e. The number of rotatable bonds is 5. The summed E-state index contributed by atoms with van der Waals surface area (Å²) in [6.45, 7) is 9.51. The van der Waals surface area contributed by atoms with E-state index in [2.05, 4.69) is 21.2 Å². The molecule has 0 bridgehead atoms. The van der Waals surface area contributed by atoms with E-state index in [9.17, 15) is 32.4 Å². The SMILES string of the molecule is COC(=O)C12CC1/C=C\CCC1CC1[C@H](NC(=O)OC(C)(C)C)C(=O)N1C[C@@H](OS(=O)(=O)c3ccc(Br)cc3)C[C@H]1C(=O)N2C(=O)OC(C)(C)C. The molecule has 4 amide bonds. The van der Waals surface area contributed by atoms with Crippen molar-refractivity contribution in [2.24, 2.45) is 17.8 Å². The highest BCUT2D eigenvalue weighted by Crippen LogP contribution is 2.52. The lowest BCUT2D eigenvalue weighted by Crippen LogP contribution is -2.60. The number of alkyl carbamates (subject to hydrolysis) is 1. The van der Waals surface area contributed by atoms with Crippen LogP contribution in [-0.2, 0) is 42.9 Å². The van der Waals surface area contributed by atoms with Gasteiger partial charge in [0.1, 0.15) is 23.3 Å². The highest BCUT2D eigenvalue weighted by molar-refractivity contribution is 9.10. The number of benzene rings is 1. The Morgan fingerprint density at radius 1 is 0.961 bits per heavy atom. The van der Waals surface area contributed by atoms with E-state index in [-0.39, 0.29) is 36.1 Å². The Hall–Kier alpha value is -3.50. The predicted octanol–water partition coefficient (Wildman–Crippen LogP) is 4.70. The Kier molecular flexibility index (Phi) is 10.7. The summed E-state index contributed by atoms with van der Waals surface area (Å²) < 4.78 is 49.3. The predicted molar refractivity (Wildman–Crippen MR) is 185 cm³/mol. The van der Waals surface area contributed by atoms with E-state index in [1.54, 1.807) is 47.6 Å². The van der Waals surface area contributed by atoms with Crippen LogP contribution < -0.4 is 5.32 Å². The quantitative estimate of drug-likeness (QED) is 0.189. The van der Waals surface area contributed by atoms with Gasteiger partial charge < -0.3 is 24.4 Å². The minimum atomic E-state index is -4.38. The molecule has 4 aliphatic rings. The van der Waals surface area contributed by atoms with Crippen LogP contribution in [0.25, 0.3) is 0 Å². The second-order valence-corrected chi connectivity index (χ2v) is 18.0. The van der Waals surface area contributed by atoms with Gasteiger partial charge in [-0.25, -0.2) is 19.3 Å². The van der Waals surface area contributed by atoms with Crippen LogP contribution >= 0.6 is 15.9 Å². The fourth-order valence-corrected chi connectivity index (χ4v) is 8.24. The number of nitrogens with zero attached hydrogens (tertiary/aromatic N) is 2. The Balaban J connectivity index is 1.58. The van der Waals surface area contributed by atoms with Gasteiger partial charge in [0.2, 0.25) is 5.91 Å². The zero-order chi connectivity index (χ0) is 37.7. The van der Waals surface area contributed by atoms with Gasteiger partial charge >= 0.3 is 18.2 Å². The first kappa shape index (κ1) is 38.7. The van der Waals surface area contributed by atoms with E-state index >= 15 is 0 Å². The molecule has 14 nitrogen and oxygen atoms in total. The van der Waals surface area contributed by atoms with Crippen LogP contribution in [0.1, 0.15) is 73.6 Å². The van der Waals surface area contributed by atoms with Crippen LogP contribution in [0.2, 0.25) is 0 Å². The van der Waals surface area contributed by atoms with Crippen LogP contribution in [0, 0.1) is 17.8 Å². The molecular weight excluding hydrogens is 750 g/mol. The number of allylic oxidation sites excluding steroid dienone is 1. The number of amides is 4. The molecule has 51 heavy (non-hydrogen) atoms. The molecule has 2 saturated carbocycles. The highest BCUT2D eigenvalue weighted by atomic mass is 79.9. The van der Waals surface area contributed by atoms with Crippen molar-refractivity contribution in [3.63, 3.8) is 0 Å². The second-order valence-electron chi connectivity index (χ2n) is 15.5. The van der Waals surface area contributed by atoms with E-state index in [1.165, 1.54) is 24.3 Å². The molecule has 3 fully saturated rings. The molecule has 0 spiro atoms. The average Bonchev–Trinajstić information content (AvgIpc) is 3.90. The molecule has 1 N–H and O–H groups in total. The molecule has 5 rings (SSSR count). The summed E-state index contributed by atoms with van der Waals surface area (Å²) >= 11 is 3.28. The van der Waals surface area contributed by atoms with Crippen molar-refractivity contribution in [3.05, 3.63) is 40.9 Å². The maximum absolute atomic E-state index is 14.8. The van der Waals surface area contributed by atoms with E-state index in [1.807, 2.05) is 6.08 Å². The van der Waals surface area contributed by atoms with Crippen molar-refractivity contribution in [1.82, 2.24) is 15.1 Å². The Labute approximate surface area is 306 Å². The number of imide groups is 1. The summed E-state index contributed by atoms with van der Waals surface area (Å²) in [5.41, 5.74) is -3.71. The lowest BCUT2D eigenvalue weighted by Gasteiger charge is -2.36. The minimum Gasteiger partial charge on any atom is -0.467 e. The molecule has 0 aromatic heterocycles. The number of fused-ring (bicyclic) bond motifs is 3. The zero-order valence-corrected chi connectivity index (χ0v) is 32.2. The Morgan fingerprint density at radius 3 is 2.22 bits per heavy atom. The van der Waals surface area contributed by atoms with Gasteiger partial charge in [0, 0.05) is 23.4 Å². The summed E-state index contributed by atoms with van der Waals surface area (Å²) in [6, 6.07) is 3.15. The molecule has 2 heterocycles. The first-order valence-corrected chi connectivity index (χ1v) is 19.2. The normalized spacial score (nSPS) is 30.2. The molecule has 1 aromatic carbocycles. The maximum atomic E-state index is 14.8. The third-order valence-corrected chi connectivity index (χ3v) is 11.2. The Bertz CT molecular complexity index is 1700. The van der Waals surface area contributed by atoms with Gasteiger partial charge in [-0.1, -0.05) is 28.1 Å². The molecule has 280 valence electrons. The van der Waals surface area contributed by atoms with E-state index in [0.29, 0.717) is 23.7 Å². The summed E-state index contributed by atoms with van der Waals surface area (Å²) in [5.74, 6) is -3.29. The fourth-order valence-electron chi connectivity index (χ4n) is 6.90. The standard InChI is InChI=1S/C35H46BrN3O11S/c1-33(2,3)48-31(43)37-27-25-16-20(25)10-8-9-11-21-18-35(21,30(42)47-7)39(32(44)49-34(4,5)6)28(40)26-17-23(19-38(26)29(27)41)50-51(45,46)24-14-12-22(36)13-15-24/h9,11-15,20-21,23,25-27H,8,10,16-19H2,1-7H3,(H,37,43)/b11-9-/t20?,21?,23-,25?,26-,27-,35?/m0/s1. The number of carbonyl (C=O) groups is 5. The molecule has 16 heteroatoms. The van der Waals surface area contributed by atoms with Crippen LogP contribution in [-0.4, -0.2) is 96.8 Å². The van der Waals surface area contributed by atoms with Crippen molar-refractivity contribution in [3.8, 4) is 0 Å². The van der Waals surface area contributed by atoms with Crippen molar-refractivity contribution in [2.45, 2.75) is 113 Å². The van der Waals surface area contributed by atoms with Gasteiger partial charge in [-0.05, 0) is 103 Å². The van der Waals surface area contributed by atoms with Gasteiger partial charge in [-0.15, -0.1) is 0 Å². The number of halogens is 1. The summed E-state index contributed by atoms with van der Waals surface area (Å²) in [7, 11) is -3.23. The molecular formula is C35H46BrN3O11S. The van der Waals surface area contributed by atoms with Crippen LogP contribution in [0.15, 0.2) is 45.8 Å². The van der Waals surface area contributed by atoms with E-state index in [4.69, 9.17) is 18.4 Å². The summed E-state index contributed by atoms with van der Waals surface area (Å²) in [4.78, 5) is 71.7. The maximum Gasteiger partial charge on any atom is 0.418 e. The van der Waals surface area contributed by atoms with Crippen LogP contribution in [0.5, 0.6) is 0 Å². The molecule has 0 radical (unpaired) electrons. The van der Waals surface area contributed by atoms with Crippen molar-refractivity contribution >= 4 is 56.0 Å². The Morgan fingerprint density at radius 2 is 1.61 bits per heavy atom. The monoisotopic (exact) mass is 795 g/mol. The van der Waals surface area contributed by atoms with Gasteiger partial charge in [0.15, 0.2) is 5.54 Å². The molecule has 4 unspecified atom stereocenters. The van der Waals surface area contributed by atoms with E-state index < -0.39 is 80.9 Å². The van der Waals surface area contributed by atoms with E-state index in [0.717, 1.165) is 16.9 Å². The number of methoxy groups -OCH3 is 1. The molecule has 2 aliphatic heterocycles. The number of carbonyl (C=O) groups excluding carboxylic acids is 5. The van der Waals surface area contributed by atoms with Crippen molar-refractivity contribution in [1.29, 1.82) is 0 Å². The third-order valence-electron chi connectivity index (χ3n) is 9.33. The number of hydrogen-bond donors (Lipinski definition) is 1. The number of ether oxygens (including phenoxy) is 3. The van der Waals surface area contributed by atoms with Crippen molar-refractivity contribution < 1.29 is 50.8 Å². The number of esters is 1. The average molecular weight is 797 g/mol. The summed E-state index contributed by atoms with van der Waals surface area (Å²) in [6.07, 6.45) is 2.08. The number of hydrogen-bond acceptors (Lipinski definition) is 11. The second kappa shape index (κ2) is 14.1. The van der Waals surface area contributed by atoms with Crippen LogP contribution in [0.3, 0.4) is 0 Å². The lowest BCUT2D eigenvalue weighted by atomic mass is 10.0. The van der Waals surface area contributed by atoms with Crippen molar-refractivity contribution in [2.75, 3.05) is 13.7 Å². The van der Waals surface area contributed by atoms with Gasteiger partial charge in [-0.3, -0.25) is 13.8 Å². The van der Waals surface area contributed by atoms with Crippen LogP contribution in [0.4, 0.5) is 9.59 Å². The topological polar surface area (TPSA) is 175 Å². The third kappa shape index (κ3) is 8.60. The van der Waals surface area contributed by atoms with Gasteiger partial charge in [-0.2, -0.15) is 8.42 Å². The first-order chi connectivity index (χ1) is 23.7. The molecule has 2 aliphatic carbocycles. The molecule has 1 saturated heterocycles.